The third-order valence-corrected chi connectivity index (χ3v) is 4.01. The lowest BCUT2D eigenvalue weighted by Gasteiger charge is -2.23. The summed E-state index contributed by atoms with van der Waals surface area (Å²) in [6, 6.07) is 2.19. The number of nitrogens with one attached hydrogen (secondary N) is 2. The SMILES string of the molecule is Cl.O=C(NC1CCNCC1)c1csc(Br)c1. The number of amides is 1. The number of hydrogen-bond acceptors (Lipinski definition) is 3. The van der Waals surface area contributed by atoms with Crippen LogP contribution in [0.5, 0.6) is 0 Å². The summed E-state index contributed by atoms with van der Waals surface area (Å²) >= 11 is 4.89. The normalized spacial score (nSPS) is 16.6. The van der Waals surface area contributed by atoms with Crippen molar-refractivity contribution in [3.8, 4) is 0 Å². The van der Waals surface area contributed by atoms with E-state index < -0.39 is 0 Å². The molecule has 0 radical (unpaired) electrons. The Hall–Kier alpha value is -0.100. The Balaban J connectivity index is 0.00000128. The highest BCUT2D eigenvalue weighted by Gasteiger charge is 2.16. The quantitative estimate of drug-likeness (QED) is 0.877. The van der Waals surface area contributed by atoms with Crippen molar-refractivity contribution in [1.82, 2.24) is 10.6 Å². The summed E-state index contributed by atoms with van der Waals surface area (Å²) in [7, 11) is 0. The smallest absolute Gasteiger partial charge is 0.252 e. The molecule has 0 atom stereocenters. The second-order valence-corrected chi connectivity index (χ2v) is 5.93. The molecule has 0 bridgehead atoms. The molecular formula is C10H14BrClN2OS. The van der Waals surface area contributed by atoms with Crippen molar-refractivity contribution < 1.29 is 4.79 Å². The highest BCUT2D eigenvalue weighted by atomic mass is 79.9. The topological polar surface area (TPSA) is 41.1 Å². The number of carbonyl (C=O) groups is 1. The van der Waals surface area contributed by atoms with Crippen LogP contribution in [0.2, 0.25) is 0 Å². The Morgan fingerprint density at radius 3 is 2.75 bits per heavy atom. The van der Waals surface area contributed by atoms with Gasteiger partial charge in [-0.05, 0) is 47.9 Å². The van der Waals surface area contributed by atoms with Gasteiger partial charge in [-0.3, -0.25) is 4.79 Å². The van der Waals surface area contributed by atoms with Crippen molar-refractivity contribution in [3.63, 3.8) is 0 Å². The lowest BCUT2D eigenvalue weighted by Crippen LogP contribution is -2.42. The van der Waals surface area contributed by atoms with Crippen molar-refractivity contribution in [2.24, 2.45) is 0 Å². The molecule has 2 rings (SSSR count). The molecule has 2 N–H and O–H groups in total. The Morgan fingerprint density at radius 2 is 2.19 bits per heavy atom. The molecule has 1 fully saturated rings. The average Bonchev–Trinajstić information content (AvgIpc) is 2.66. The highest BCUT2D eigenvalue weighted by molar-refractivity contribution is 9.11. The minimum Gasteiger partial charge on any atom is -0.349 e. The van der Waals surface area contributed by atoms with Gasteiger partial charge in [-0.1, -0.05) is 0 Å². The Morgan fingerprint density at radius 1 is 1.50 bits per heavy atom. The van der Waals surface area contributed by atoms with Crippen molar-refractivity contribution in [1.29, 1.82) is 0 Å². The Labute approximate surface area is 114 Å². The van der Waals surface area contributed by atoms with Crippen LogP contribution in [-0.4, -0.2) is 25.0 Å². The van der Waals surface area contributed by atoms with E-state index in [-0.39, 0.29) is 18.3 Å². The molecule has 16 heavy (non-hydrogen) atoms. The molecule has 1 aliphatic rings. The van der Waals surface area contributed by atoms with E-state index in [0.29, 0.717) is 6.04 Å². The van der Waals surface area contributed by atoms with E-state index in [2.05, 4.69) is 26.6 Å². The summed E-state index contributed by atoms with van der Waals surface area (Å²) in [4.78, 5) is 11.8. The first-order chi connectivity index (χ1) is 7.25. The van der Waals surface area contributed by atoms with Crippen LogP contribution in [0.4, 0.5) is 0 Å². The van der Waals surface area contributed by atoms with Gasteiger partial charge in [0.25, 0.3) is 5.91 Å². The van der Waals surface area contributed by atoms with Crippen LogP contribution in [0.1, 0.15) is 23.2 Å². The molecule has 3 nitrogen and oxygen atoms in total. The van der Waals surface area contributed by atoms with E-state index in [9.17, 15) is 4.79 Å². The highest BCUT2D eigenvalue weighted by Crippen LogP contribution is 2.20. The summed E-state index contributed by atoms with van der Waals surface area (Å²) in [6.07, 6.45) is 2.05. The summed E-state index contributed by atoms with van der Waals surface area (Å²) in [5.41, 5.74) is 0.755. The molecule has 1 saturated heterocycles. The minimum atomic E-state index is 0. The summed E-state index contributed by atoms with van der Waals surface area (Å²) in [5.74, 6) is 0.0452. The molecule has 90 valence electrons. The van der Waals surface area contributed by atoms with E-state index in [4.69, 9.17) is 0 Å². The zero-order valence-corrected chi connectivity index (χ0v) is 11.9. The van der Waals surface area contributed by atoms with Gasteiger partial charge in [0.1, 0.15) is 0 Å². The predicted octanol–water partition coefficient (Wildman–Crippen LogP) is 2.41. The number of rotatable bonds is 2. The number of thiophene rings is 1. The van der Waals surface area contributed by atoms with Crippen molar-refractivity contribution in [2.45, 2.75) is 18.9 Å². The fourth-order valence-corrected chi connectivity index (χ4v) is 2.80. The number of piperidine rings is 1. The van der Waals surface area contributed by atoms with Gasteiger partial charge < -0.3 is 10.6 Å². The number of halogens is 2. The molecule has 1 aromatic heterocycles. The van der Waals surface area contributed by atoms with E-state index >= 15 is 0 Å². The number of hydrogen-bond donors (Lipinski definition) is 2. The van der Waals surface area contributed by atoms with E-state index in [1.807, 2.05) is 11.4 Å². The molecule has 1 aliphatic heterocycles. The van der Waals surface area contributed by atoms with Crippen molar-refractivity contribution in [2.75, 3.05) is 13.1 Å². The Bertz CT molecular complexity index is 352. The van der Waals surface area contributed by atoms with Crippen LogP contribution >= 0.6 is 39.7 Å². The van der Waals surface area contributed by atoms with E-state index in [1.165, 1.54) is 11.3 Å². The lowest BCUT2D eigenvalue weighted by molar-refractivity contribution is 0.0930. The third-order valence-electron chi connectivity index (χ3n) is 2.50. The summed E-state index contributed by atoms with van der Waals surface area (Å²) in [6.45, 7) is 2.00. The largest absolute Gasteiger partial charge is 0.349 e. The third kappa shape index (κ3) is 3.73. The van der Waals surface area contributed by atoms with Crippen LogP contribution in [0.3, 0.4) is 0 Å². The maximum atomic E-state index is 11.8. The van der Waals surface area contributed by atoms with Gasteiger partial charge in [0.15, 0.2) is 0 Å². The summed E-state index contributed by atoms with van der Waals surface area (Å²) < 4.78 is 0.998. The van der Waals surface area contributed by atoms with Crippen LogP contribution < -0.4 is 10.6 Å². The first-order valence-electron chi connectivity index (χ1n) is 5.01. The molecule has 0 saturated carbocycles. The predicted molar refractivity (Wildman–Crippen MR) is 72.6 cm³/mol. The van der Waals surface area contributed by atoms with Gasteiger partial charge in [-0.2, -0.15) is 0 Å². The van der Waals surface area contributed by atoms with Gasteiger partial charge in [0.05, 0.1) is 9.35 Å². The van der Waals surface area contributed by atoms with Gasteiger partial charge in [0, 0.05) is 11.4 Å². The molecule has 0 aliphatic carbocycles. The molecule has 1 aromatic rings. The van der Waals surface area contributed by atoms with Crippen LogP contribution in [0.25, 0.3) is 0 Å². The van der Waals surface area contributed by atoms with Crippen LogP contribution in [0.15, 0.2) is 15.2 Å². The molecule has 1 amide bonds. The lowest BCUT2D eigenvalue weighted by atomic mass is 10.1. The first kappa shape index (κ1) is 14.0. The fourth-order valence-electron chi connectivity index (χ4n) is 1.66. The first-order valence-corrected chi connectivity index (χ1v) is 6.68. The number of carbonyl (C=O) groups excluding carboxylic acids is 1. The second kappa shape index (κ2) is 6.59. The van der Waals surface area contributed by atoms with Gasteiger partial charge in [-0.25, -0.2) is 0 Å². The van der Waals surface area contributed by atoms with Crippen LogP contribution in [-0.2, 0) is 0 Å². The fraction of sp³-hybridized carbons (Fsp3) is 0.500. The van der Waals surface area contributed by atoms with E-state index in [1.54, 1.807) is 0 Å². The zero-order chi connectivity index (χ0) is 10.7. The maximum absolute atomic E-state index is 11.8. The standard InChI is InChI=1S/C10H13BrN2OS.ClH/c11-9-5-7(6-15-9)10(14)13-8-1-3-12-4-2-8;/h5-6,8,12H,1-4H2,(H,13,14);1H. The van der Waals surface area contributed by atoms with Crippen molar-refractivity contribution in [3.05, 3.63) is 20.8 Å². The van der Waals surface area contributed by atoms with E-state index in [0.717, 1.165) is 35.3 Å². The van der Waals surface area contributed by atoms with Gasteiger partial charge in [0.2, 0.25) is 0 Å². The van der Waals surface area contributed by atoms with Crippen LogP contribution in [0, 0.1) is 0 Å². The minimum absolute atomic E-state index is 0. The van der Waals surface area contributed by atoms with Crippen molar-refractivity contribution >= 4 is 45.6 Å². The molecule has 2 heterocycles. The van der Waals surface area contributed by atoms with Gasteiger partial charge in [-0.15, -0.1) is 23.7 Å². The molecule has 0 spiro atoms. The monoisotopic (exact) mass is 324 g/mol. The maximum Gasteiger partial charge on any atom is 0.252 e. The zero-order valence-electron chi connectivity index (χ0n) is 8.66. The molecular weight excluding hydrogens is 312 g/mol. The molecule has 0 unspecified atom stereocenters. The average molecular weight is 326 g/mol. The van der Waals surface area contributed by atoms with Gasteiger partial charge >= 0.3 is 0 Å². The molecule has 0 aromatic carbocycles. The second-order valence-electron chi connectivity index (χ2n) is 3.64. The summed E-state index contributed by atoms with van der Waals surface area (Å²) in [5, 5.41) is 8.21. The Kier molecular flexibility index (Phi) is 5.75. The molecule has 6 heteroatoms.